The van der Waals surface area contributed by atoms with Crippen LogP contribution in [0.3, 0.4) is 0 Å². The summed E-state index contributed by atoms with van der Waals surface area (Å²) in [6.45, 7) is 4.58. The number of H-pyrrole nitrogens is 1. The van der Waals surface area contributed by atoms with Crippen LogP contribution in [0, 0.1) is 5.41 Å². The average Bonchev–Trinajstić information content (AvgIpc) is 2.79. The second-order valence-corrected chi connectivity index (χ2v) is 5.99. The molecule has 0 atom stereocenters. The van der Waals surface area contributed by atoms with E-state index in [4.69, 9.17) is 0 Å². The van der Waals surface area contributed by atoms with Crippen molar-refractivity contribution >= 4 is 10.9 Å². The molecule has 3 rings (SSSR count). The summed E-state index contributed by atoms with van der Waals surface area (Å²) in [5.74, 6) is 0. The number of nitrogens with one attached hydrogen (secondary N) is 1. The second-order valence-electron chi connectivity index (χ2n) is 5.99. The second kappa shape index (κ2) is 3.93. The zero-order valence-corrected chi connectivity index (χ0v) is 10.8. The Morgan fingerprint density at radius 3 is 2.78 bits per heavy atom. The van der Waals surface area contributed by atoms with Crippen molar-refractivity contribution < 1.29 is 0 Å². The molecule has 1 aliphatic rings. The highest BCUT2D eigenvalue weighted by Crippen LogP contribution is 2.39. The van der Waals surface area contributed by atoms with E-state index < -0.39 is 0 Å². The molecule has 2 aromatic heterocycles. The Labute approximate surface area is 105 Å². The lowest BCUT2D eigenvalue weighted by Crippen LogP contribution is -2.32. The van der Waals surface area contributed by atoms with E-state index in [0.29, 0.717) is 10.9 Å². The first-order valence-electron chi connectivity index (χ1n) is 6.48. The lowest BCUT2D eigenvalue weighted by molar-refractivity contribution is 0.183. The van der Waals surface area contributed by atoms with Crippen molar-refractivity contribution in [2.45, 2.75) is 45.6 Å². The zero-order valence-electron chi connectivity index (χ0n) is 10.8. The third-order valence-corrected chi connectivity index (χ3v) is 4.07. The first kappa shape index (κ1) is 11.4. The molecule has 5 nitrogen and oxygen atoms in total. The summed E-state index contributed by atoms with van der Waals surface area (Å²) in [4.78, 5) is 12.3. The van der Waals surface area contributed by atoms with E-state index in [2.05, 4.69) is 29.1 Å². The quantitative estimate of drug-likeness (QED) is 0.839. The summed E-state index contributed by atoms with van der Waals surface area (Å²) in [7, 11) is 0. The fourth-order valence-electron chi connectivity index (χ4n) is 2.74. The molecule has 0 aliphatic heterocycles. The van der Waals surface area contributed by atoms with Gasteiger partial charge in [-0.2, -0.15) is 10.2 Å². The maximum atomic E-state index is 12.3. The van der Waals surface area contributed by atoms with Gasteiger partial charge in [-0.05, 0) is 31.1 Å². The van der Waals surface area contributed by atoms with Gasteiger partial charge in [-0.25, -0.2) is 4.68 Å². The highest BCUT2D eigenvalue weighted by Gasteiger charge is 2.28. The van der Waals surface area contributed by atoms with Gasteiger partial charge in [0.2, 0.25) is 0 Å². The molecule has 0 amide bonds. The third kappa shape index (κ3) is 1.83. The van der Waals surface area contributed by atoms with Gasteiger partial charge in [0.05, 0.1) is 18.4 Å². The van der Waals surface area contributed by atoms with E-state index >= 15 is 0 Å². The van der Waals surface area contributed by atoms with Crippen molar-refractivity contribution in [1.29, 1.82) is 0 Å². The Morgan fingerprint density at radius 1 is 1.33 bits per heavy atom. The number of rotatable bonds is 1. The molecule has 0 radical (unpaired) electrons. The van der Waals surface area contributed by atoms with Gasteiger partial charge in [0.25, 0.3) is 5.56 Å². The van der Waals surface area contributed by atoms with Crippen LogP contribution in [-0.2, 0) is 0 Å². The molecular weight excluding hydrogens is 228 g/mol. The van der Waals surface area contributed by atoms with Gasteiger partial charge in [-0.1, -0.05) is 13.8 Å². The molecule has 0 unspecified atom stereocenters. The fourth-order valence-corrected chi connectivity index (χ4v) is 2.74. The highest BCUT2D eigenvalue weighted by molar-refractivity contribution is 5.75. The Bertz CT molecular complexity index is 615. The lowest BCUT2D eigenvalue weighted by atomic mass is 9.75. The van der Waals surface area contributed by atoms with Crippen LogP contribution in [0.4, 0.5) is 0 Å². The van der Waals surface area contributed by atoms with E-state index in [1.807, 2.05) is 0 Å². The molecule has 1 fully saturated rings. The van der Waals surface area contributed by atoms with Gasteiger partial charge in [-0.3, -0.25) is 9.89 Å². The minimum absolute atomic E-state index is 0.0466. The van der Waals surface area contributed by atoms with Gasteiger partial charge in [0.1, 0.15) is 5.52 Å². The smallest absolute Gasteiger partial charge is 0.272 e. The van der Waals surface area contributed by atoms with E-state index in [-0.39, 0.29) is 11.6 Å². The van der Waals surface area contributed by atoms with E-state index in [0.717, 1.165) is 31.1 Å². The summed E-state index contributed by atoms with van der Waals surface area (Å²) < 4.78 is 1.63. The van der Waals surface area contributed by atoms with Crippen LogP contribution in [0.2, 0.25) is 0 Å². The minimum Gasteiger partial charge on any atom is -0.272 e. The molecule has 0 saturated heterocycles. The number of aromatic amines is 1. The van der Waals surface area contributed by atoms with Crippen LogP contribution < -0.4 is 5.56 Å². The molecule has 0 bridgehead atoms. The first-order valence-corrected chi connectivity index (χ1v) is 6.48. The number of nitrogens with zero attached hydrogens (tertiary/aromatic N) is 3. The number of fused-ring (bicyclic) bond motifs is 1. The number of hydrogen-bond acceptors (Lipinski definition) is 3. The van der Waals surface area contributed by atoms with E-state index in [1.54, 1.807) is 17.1 Å². The fraction of sp³-hybridized carbons (Fsp3) is 0.615. The van der Waals surface area contributed by atoms with Gasteiger partial charge in [-0.15, -0.1) is 0 Å². The summed E-state index contributed by atoms with van der Waals surface area (Å²) in [6, 6.07) is 0.234. The molecular formula is C13H18N4O. The van der Waals surface area contributed by atoms with Crippen LogP contribution in [0.5, 0.6) is 0 Å². The lowest BCUT2D eigenvalue weighted by Gasteiger charge is -2.34. The van der Waals surface area contributed by atoms with Crippen molar-refractivity contribution in [2.24, 2.45) is 5.41 Å². The molecule has 1 N–H and O–H groups in total. The minimum atomic E-state index is -0.0466. The van der Waals surface area contributed by atoms with Crippen LogP contribution in [-0.4, -0.2) is 20.0 Å². The zero-order chi connectivity index (χ0) is 12.8. The van der Waals surface area contributed by atoms with Gasteiger partial charge >= 0.3 is 0 Å². The predicted molar refractivity (Wildman–Crippen MR) is 69.4 cm³/mol. The molecule has 2 aromatic rings. The molecule has 0 aromatic carbocycles. The maximum Gasteiger partial charge on any atom is 0.292 e. The average molecular weight is 246 g/mol. The molecule has 1 aliphatic carbocycles. The van der Waals surface area contributed by atoms with E-state index in [1.165, 1.54) is 0 Å². The topological polar surface area (TPSA) is 63.6 Å². The van der Waals surface area contributed by atoms with Gasteiger partial charge in [0.15, 0.2) is 0 Å². The third-order valence-electron chi connectivity index (χ3n) is 4.07. The Kier molecular flexibility index (Phi) is 2.50. The molecule has 2 heterocycles. The monoisotopic (exact) mass is 246 g/mol. The number of hydrogen-bond donors (Lipinski definition) is 1. The Morgan fingerprint density at radius 2 is 2.06 bits per heavy atom. The summed E-state index contributed by atoms with van der Waals surface area (Å²) >= 11 is 0. The maximum absolute atomic E-state index is 12.3. The van der Waals surface area contributed by atoms with Gasteiger partial charge in [0, 0.05) is 5.39 Å². The first-order chi connectivity index (χ1) is 8.57. The van der Waals surface area contributed by atoms with Crippen molar-refractivity contribution in [2.75, 3.05) is 0 Å². The molecule has 18 heavy (non-hydrogen) atoms. The molecule has 1 saturated carbocycles. The van der Waals surface area contributed by atoms with Crippen molar-refractivity contribution in [3.05, 3.63) is 22.7 Å². The Balaban J connectivity index is 1.95. The molecule has 0 spiro atoms. The standard InChI is InChI=1S/C13H18N4O/c1-13(2)5-3-10(4-6-13)17-12(18)11-9(8-15-17)7-14-16-11/h7-8,10H,3-6H2,1-2H3,(H,14,16). The summed E-state index contributed by atoms with van der Waals surface area (Å²) in [5.41, 5.74) is 0.919. The summed E-state index contributed by atoms with van der Waals surface area (Å²) in [6.07, 6.45) is 7.71. The predicted octanol–water partition coefficient (Wildman–Crippen LogP) is 2.26. The Hall–Kier alpha value is -1.65. The van der Waals surface area contributed by atoms with Crippen LogP contribution in [0.15, 0.2) is 17.2 Å². The van der Waals surface area contributed by atoms with Crippen molar-refractivity contribution in [3.8, 4) is 0 Å². The van der Waals surface area contributed by atoms with Crippen molar-refractivity contribution in [3.63, 3.8) is 0 Å². The normalized spacial score (nSPS) is 20.3. The van der Waals surface area contributed by atoms with Gasteiger partial charge < -0.3 is 0 Å². The summed E-state index contributed by atoms with van der Waals surface area (Å²) in [5, 5.41) is 11.7. The largest absolute Gasteiger partial charge is 0.292 e. The number of aromatic nitrogens is 4. The molecule has 96 valence electrons. The highest BCUT2D eigenvalue weighted by atomic mass is 16.1. The molecule has 5 heteroatoms. The van der Waals surface area contributed by atoms with Crippen LogP contribution in [0.25, 0.3) is 10.9 Å². The van der Waals surface area contributed by atoms with Crippen LogP contribution in [0.1, 0.15) is 45.6 Å². The van der Waals surface area contributed by atoms with Crippen molar-refractivity contribution in [1.82, 2.24) is 20.0 Å². The SMILES string of the molecule is CC1(C)CCC(n2ncc3cn[nH]c3c2=O)CC1. The van der Waals surface area contributed by atoms with E-state index in [9.17, 15) is 4.79 Å². The van der Waals surface area contributed by atoms with Crippen LogP contribution >= 0.6 is 0 Å².